The lowest BCUT2D eigenvalue weighted by atomic mass is 10.2. The van der Waals surface area contributed by atoms with E-state index in [1.54, 1.807) is 6.07 Å². The number of thioether (sulfide) groups is 1. The summed E-state index contributed by atoms with van der Waals surface area (Å²) in [7, 11) is 0. The molecule has 0 aliphatic heterocycles. The first-order chi connectivity index (χ1) is 11.1. The van der Waals surface area contributed by atoms with Crippen molar-refractivity contribution in [3.05, 3.63) is 51.9 Å². The maximum absolute atomic E-state index is 11.7. The van der Waals surface area contributed by atoms with E-state index in [4.69, 9.17) is 0 Å². The van der Waals surface area contributed by atoms with Crippen LogP contribution in [-0.2, 0) is 12.2 Å². The molecular formula is C18H25N3OS. The largest absolute Gasteiger partial charge is 0.326 e. The molecule has 4 nitrogen and oxygen atoms in total. The van der Waals surface area contributed by atoms with Crippen LogP contribution in [0.2, 0.25) is 0 Å². The first-order valence-electron chi connectivity index (χ1n) is 8.14. The summed E-state index contributed by atoms with van der Waals surface area (Å²) < 4.78 is 0. The molecule has 124 valence electrons. The number of benzene rings is 1. The van der Waals surface area contributed by atoms with Crippen molar-refractivity contribution < 1.29 is 0 Å². The summed E-state index contributed by atoms with van der Waals surface area (Å²) in [5.41, 5.74) is 2.95. The Bertz CT molecular complexity index is 665. The van der Waals surface area contributed by atoms with E-state index in [1.165, 1.54) is 5.56 Å². The van der Waals surface area contributed by atoms with Crippen LogP contribution < -0.4 is 10.9 Å². The quantitative estimate of drug-likeness (QED) is 0.748. The van der Waals surface area contributed by atoms with Crippen molar-refractivity contribution in [2.75, 3.05) is 5.32 Å². The molecule has 0 saturated heterocycles. The van der Waals surface area contributed by atoms with E-state index in [0.717, 1.165) is 36.4 Å². The molecule has 2 rings (SSSR count). The number of hydrogen-bond acceptors (Lipinski definition) is 4. The first-order valence-corrected chi connectivity index (χ1v) is 9.19. The second-order valence-corrected chi connectivity index (χ2v) is 7.44. The molecule has 0 unspecified atom stereocenters. The van der Waals surface area contributed by atoms with Crippen molar-refractivity contribution in [3.63, 3.8) is 0 Å². The van der Waals surface area contributed by atoms with Crippen molar-refractivity contribution in [2.24, 2.45) is 0 Å². The Morgan fingerprint density at radius 3 is 2.65 bits per heavy atom. The highest BCUT2D eigenvalue weighted by molar-refractivity contribution is 7.99. The Balaban J connectivity index is 2.03. The third-order valence-electron chi connectivity index (χ3n) is 3.38. The summed E-state index contributed by atoms with van der Waals surface area (Å²) in [6.07, 6.45) is 2.96. The van der Waals surface area contributed by atoms with Crippen molar-refractivity contribution >= 4 is 23.4 Å². The molecule has 0 atom stereocenters. The van der Waals surface area contributed by atoms with Crippen molar-refractivity contribution in [2.45, 2.75) is 51.0 Å². The van der Waals surface area contributed by atoms with E-state index in [9.17, 15) is 4.79 Å². The minimum Gasteiger partial charge on any atom is -0.326 e. The van der Waals surface area contributed by atoms with E-state index in [0.29, 0.717) is 11.2 Å². The zero-order chi connectivity index (χ0) is 16.7. The predicted octanol–water partition coefficient (Wildman–Crippen LogP) is 4.50. The van der Waals surface area contributed by atoms with Crippen molar-refractivity contribution in [1.82, 2.24) is 9.97 Å². The number of aromatic nitrogens is 2. The second-order valence-electron chi connectivity index (χ2n) is 5.87. The number of nitrogens with one attached hydrogen (secondary N) is 2. The number of anilines is 2. The number of aryl methyl sites for hydroxylation is 1. The second kappa shape index (κ2) is 8.77. The average Bonchev–Trinajstić information content (AvgIpc) is 2.51. The summed E-state index contributed by atoms with van der Waals surface area (Å²) >= 11 is 1.93. The Labute approximate surface area is 142 Å². The van der Waals surface area contributed by atoms with Gasteiger partial charge in [0.1, 0.15) is 0 Å². The molecule has 0 saturated carbocycles. The molecule has 0 bridgehead atoms. The molecule has 0 fully saturated rings. The van der Waals surface area contributed by atoms with Crippen LogP contribution in [0.1, 0.15) is 44.9 Å². The normalized spacial score (nSPS) is 11.0. The summed E-state index contributed by atoms with van der Waals surface area (Å²) in [6.45, 7) is 6.54. The molecule has 1 aromatic carbocycles. The van der Waals surface area contributed by atoms with Gasteiger partial charge in [-0.25, -0.2) is 4.98 Å². The molecule has 2 aromatic rings. The van der Waals surface area contributed by atoms with Gasteiger partial charge < -0.3 is 5.32 Å². The molecule has 5 heteroatoms. The van der Waals surface area contributed by atoms with Crippen LogP contribution in [-0.4, -0.2) is 15.2 Å². The fraction of sp³-hybridized carbons (Fsp3) is 0.444. The highest BCUT2D eigenvalue weighted by Gasteiger charge is 2.03. The van der Waals surface area contributed by atoms with Gasteiger partial charge in [-0.05, 0) is 35.8 Å². The average molecular weight is 331 g/mol. The minimum absolute atomic E-state index is 0.112. The fourth-order valence-corrected chi connectivity index (χ4v) is 2.86. The van der Waals surface area contributed by atoms with Crippen LogP contribution in [0.5, 0.6) is 0 Å². The summed E-state index contributed by atoms with van der Waals surface area (Å²) in [5, 5.41) is 3.81. The molecule has 2 N–H and O–H groups in total. The number of rotatable bonds is 8. The summed E-state index contributed by atoms with van der Waals surface area (Å²) in [6, 6.07) is 9.84. The van der Waals surface area contributed by atoms with Gasteiger partial charge in [0.2, 0.25) is 5.95 Å². The Hall–Kier alpha value is -1.75. The molecule has 0 radical (unpaired) electrons. The highest BCUT2D eigenvalue weighted by Crippen LogP contribution is 2.19. The number of nitrogens with zero attached hydrogens (tertiary/aromatic N) is 1. The van der Waals surface area contributed by atoms with Gasteiger partial charge in [0.15, 0.2) is 0 Å². The van der Waals surface area contributed by atoms with Crippen LogP contribution in [0.25, 0.3) is 0 Å². The summed E-state index contributed by atoms with van der Waals surface area (Å²) in [5.74, 6) is 1.52. The topological polar surface area (TPSA) is 57.8 Å². The van der Waals surface area contributed by atoms with Gasteiger partial charge in [-0.2, -0.15) is 11.8 Å². The molecule has 0 spiro atoms. The van der Waals surface area contributed by atoms with Gasteiger partial charge in [0.05, 0.1) is 0 Å². The van der Waals surface area contributed by atoms with Gasteiger partial charge >= 0.3 is 0 Å². The number of unbranched alkanes of at least 4 members (excludes halogenated alkanes) is 1. The van der Waals surface area contributed by atoms with Crippen LogP contribution in [0.15, 0.2) is 35.1 Å². The lowest BCUT2D eigenvalue weighted by Crippen LogP contribution is -2.12. The van der Waals surface area contributed by atoms with E-state index in [2.05, 4.69) is 48.2 Å². The van der Waals surface area contributed by atoms with Crippen LogP contribution in [0.4, 0.5) is 11.6 Å². The smallest absolute Gasteiger partial charge is 0.252 e. The van der Waals surface area contributed by atoms with Crippen LogP contribution >= 0.6 is 11.8 Å². The van der Waals surface area contributed by atoms with Gasteiger partial charge in [0.25, 0.3) is 5.56 Å². The Morgan fingerprint density at radius 1 is 1.26 bits per heavy atom. The van der Waals surface area contributed by atoms with Crippen LogP contribution in [0, 0.1) is 0 Å². The van der Waals surface area contributed by atoms with Crippen molar-refractivity contribution in [1.29, 1.82) is 0 Å². The molecule has 1 heterocycles. The highest BCUT2D eigenvalue weighted by atomic mass is 32.2. The minimum atomic E-state index is -0.112. The van der Waals surface area contributed by atoms with Gasteiger partial charge in [0, 0.05) is 23.2 Å². The predicted molar refractivity (Wildman–Crippen MR) is 99.6 cm³/mol. The van der Waals surface area contributed by atoms with Crippen LogP contribution in [0.3, 0.4) is 0 Å². The molecule has 0 amide bonds. The SMILES string of the molecule is CCCCc1cc(=O)[nH]c(Nc2ccc(CSC(C)C)cc2)n1. The summed E-state index contributed by atoms with van der Waals surface area (Å²) in [4.78, 5) is 19.0. The molecule has 1 aromatic heterocycles. The lowest BCUT2D eigenvalue weighted by molar-refractivity contribution is 0.772. The van der Waals surface area contributed by atoms with Crippen molar-refractivity contribution in [3.8, 4) is 0 Å². The molecule has 0 aliphatic rings. The third kappa shape index (κ3) is 6.10. The first kappa shape index (κ1) is 17.6. The molecule has 0 aliphatic carbocycles. The Morgan fingerprint density at radius 2 is 2.00 bits per heavy atom. The standard InChI is InChI=1S/C18H25N3OS/c1-4-5-6-16-11-17(22)21-18(20-16)19-15-9-7-14(8-10-15)12-23-13(2)3/h7-11,13H,4-6,12H2,1-3H3,(H2,19,20,21,22). The molecule has 23 heavy (non-hydrogen) atoms. The maximum Gasteiger partial charge on any atom is 0.252 e. The van der Waals surface area contributed by atoms with E-state index < -0.39 is 0 Å². The van der Waals surface area contributed by atoms with E-state index in [-0.39, 0.29) is 5.56 Å². The van der Waals surface area contributed by atoms with Gasteiger partial charge in [-0.15, -0.1) is 0 Å². The molecular weight excluding hydrogens is 306 g/mol. The number of aromatic amines is 1. The van der Waals surface area contributed by atoms with E-state index >= 15 is 0 Å². The maximum atomic E-state index is 11.7. The van der Waals surface area contributed by atoms with Gasteiger partial charge in [-0.1, -0.05) is 39.3 Å². The van der Waals surface area contributed by atoms with Gasteiger partial charge in [-0.3, -0.25) is 9.78 Å². The number of hydrogen-bond donors (Lipinski definition) is 2. The third-order valence-corrected chi connectivity index (χ3v) is 4.55. The lowest BCUT2D eigenvalue weighted by Gasteiger charge is -2.09. The zero-order valence-electron chi connectivity index (χ0n) is 14.1. The fourth-order valence-electron chi connectivity index (χ4n) is 2.14. The van der Waals surface area contributed by atoms with E-state index in [1.807, 2.05) is 23.9 Å². The Kier molecular flexibility index (Phi) is 6.71. The monoisotopic (exact) mass is 331 g/mol. The zero-order valence-corrected chi connectivity index (χ0v) is 14.9. The number of H-pyrrole nitrogens is 1.